The van der Waals surface area contributed by atoms with Gasteiger partial charge in [0.1, 0.15) is 16.4 Å². The Labute approximate surface area is 237 Å². The molecule has 0 unspecified atom stereocenters. The zero-order valence-corrected chi connectivity index (χ0v) is 24.5. The number of nitrogens with zero attached hydrogens (tertiary/aromatic N) is 2. The molecule has 5 nitrogen and oxygen atoms in total. The number of halogens is 1. The molecule has 4 aromatic rings. The summed E-state index contributed by atoms with van der Waals surface area (Å²) in [6.45, 7) is 4.44. The van der Waals surface area contributed by atoms with E-state index in [9.17, 15) is 4.79 Å². The highest BCUT2D eigenvalue weighted by molar-refractivity contribution is 7.99. The van der Waals surface area contributed by atoms with E-state index in [1.807, 2.05) is 60.7 Å². The summed E-state index contributed by atoms with van der Waals surface area (Å²) in [5.74, 6) is 0.784. The van der Waals surface area contributed by atoms with Crippen LogP contribution in [0.1, 0.15) is 42.7 Å². The van der Waals surface area contributed by atoms with Crippen molar-refractivity contribution < 1.29 is 9.21 Å². The predicted octanol–water partition coefficient (Wildman–Crippen LogP) is 9.19. The van der Waals surface area contributed by atoms with Crippen LogP contribution >= 0.6 is 35.1 Å². The fourth-order valence-corrected chi connectivity index (χ4v) is 6.69. The van der Waals surface area contributed by atoms with Crippen LogP contribution in [0.3, 0.4) is 0 Å². The molecule has 2 aromatic carbocycles. The Balaban J connectivity index is 1.56. The van der Waals surface area contributed by atoms with Gasteiger partial charge in [-0.1, -0.05) is 48.2 Å². The molecule has 1 fully saturated rings. The lowest BCUT2D eigenvalue weighted by molar-refractivity contribution is 0.179. The van der Waals surface area contributed by atoms with Gasteiger partial charge in [-0.2, -0.15) is 0 Å². The fourth-order valence-electron chi connectivity index (χ4n) is 5.26. The normalized spacial score (nSPS) is 13.8. The molecular formula is C30H32ClN3O2S2. The smallest absolute Gasteiger partial charge is 0.322 e. The molecule has 5 rings (SSSR count). The van der Waals surface area contributed by atoms with Gasteiger partial charge in [0.25, 0.3) is 0 Å². The first kappa shape index (κ1) is 27.0. The molecular weight excluding hydrogens is 534 g/mol. The van der Waals surface area contributed by atoms with Gasteiger partial charge in [-0.25, -0.2) is 9.78 Å². The highest BCUT2D eigenvalue weighted by atomic mass is 35.5. The Hall–Kier alpha value is -2.61. The van der Waals surface area contributed by atoms with E-state index in [1.165, 1.54) is 0 Å². The van der Waals surface area contributed by atoms with Crippen molar-refractivity contribution in [3.63, 3.8) is 0 Å². The Bertz CT molecular complexity index is 1440. The lowest BCUT2D eigenvalue weighted by atomic mass is 10.0. The summed E-state index contributed by atoms with van der Waals surface area (Å²) in [6, 6.07) is 16.1. The van der Waals surface area contributed by atoms with Crippen LogP contribution in [0.25, 0.3) is 22.1 Å². The summed E-state index contributed by atoms with van der Waals surface area (Å²) >= 11 is 9.38. The quantitative estimate of drug-likeness (QED) is 0.226. The molecule has 0 saturated heterocycles. The molecule has 8 heteroatoms. The zero-order valence-electron chi connectivity index (χ0n) is 22.1. The van der Waals surface area contributed by atoms with Crippen LogP contribution in [0.5, 0.6) is 0 Å². The van der Waals surface area contributed by atoms with E-state index in [1.54, 1.807) is 23.5 Å². The van der Waals surface area contributed by atoms with Crippen molar-refractivity contribution in [1.29, 1.82) is 0 Å². The Morgan fingerprint density at radius 2 is 1.82 bits per heavy atom. The maximum absolute atomic E-state index is 14.0. The molecule has 1 aliphatic rings. The van der Waals surface area contributed by atoms with E-state index < -0.39 is 0 Å². The Kier molecular flexibility index (Phi) is 8.26. The second-order valence-electron chi connectivity index (χ2n) is 9.75. The van der Waals surface area contributed by atoms with Crippen LogP contribution in [-0.2, 0) is 6.54 Å². The molecule has 0 atom stereocenters. The molecule has 1 aliphatic carbocycles. The third-order valence-electron chi connectivity index (χ3n) is 7.11. The van der Waals surface area contributed by atoms with Crippen LogP contribution in [0.4, 0.5) is 10.5 Å². The highest BCUT2D eigenvalue weighted by Crippen LogP contribution is 2.39. The van der Waals surface area contributed by atoms with Crippen molar-refractivity contribution in [2.75, 3.05) is 17.8 Å². The average molecular weight is 566 g/mol. The first-order chi connectivity index (χ1) is 18.4. The van der Waals surface area contributed by atoms with Crippen LogP contribution in [0.2, 0.25) is 5.02 Å². The van der Waals surface area contributed by atoms with Crippen molar-refractivity contribution in [2.45, 2.75) is 62.0 Å². The van der Waals surface area contributed by atoms with Crippen molar-refractivity contribution in [3.8, 4) is 11.1 Å². The van der Waals surface area contributed by atoms with Crippen molar-refractivity contribution in [2.24, 2.45) is 0 Å². The van der Waals surface area contributed by atoms with E-state index in [2.05, 4.69) is 29.4 Å². The van der Waals surface area contributed by atoms with E-state index in [0.29, 0.717) is 11.6 Å². The number of thioether (sulfide) groups is 2. The van der Waals surface area contributed by atoms with Gasteiger partial charge in [0, 0.05) is 32.6 Å². The number of amides is 2. The first-order valence-corrected chi connectivity index (χ1v) is 15.7. The van der Waals surface area contributed by atoms with Crippen LogP contribution in [0, 0.1) is 13.8 Å². The number of fused-ring (bicyclic) bond motifs is 1. The van der Waals surface area contributed by atoms with Crippen molar-refractivity contribution in [1.82, 2.24) is 9.88 Å². The zero-order chi connectivity index (χ0) is 26.8. The van der Waals surface area contributed by atoms with E-state index in [4.69, 9.17) is 16.0 Å². The molecule has 1 saturated carbocycles. The second kappa shape index (κ2) is 11.6. The minimum absolute atomic E-state index is 0.119. The van der Waals surface area contributed by atoms with Gasteiger partial charge in [-0.15, -0.1) is 23.5 Å². The number of aromatic nitrogens is 1. The van der Waals surface area contributed by atoms with E-state index in [0.717, 1.165) is 80.4 Å². The number of aryl methyl sites for hydroxylation is 2. The summed E-state index contributed by atoms with van der Waals surface area (Å²) in [4.78, 5) is 21.7. The molecule has 2 heterocycles. The number of pyridine rings is 1. The Morgan fingerprint density at radius 1 is 1.08 bits per heavy atom. The minimum Gasteiger partial charge on any atom is -0.459 e. The number of carbonyl (C=O) groups is 1. The molecule has 0 spiro atoms. The SMILES string of the molecule is CSc1cc(C)nc(SC)c1NC(=O)N(Cc1oc2ccc(C)cc2c1-c1ccc(Cl)cc1)C1CCCC1. The van der Waals surface area contributed by atoms with E-state index in [-0.39, 0.29) is 12.1 Å². The average Bonchev–Trinajstić information content (AvgIpc) is 3.56. The van der Waals surface area contributed by atoms with Crippen LogP contribution in [-0.4, -0.2) is 34.5 Å². The third-order valence-corrected chi connectivity index (χ3v) is 8.81. The second-order valence-corrected chi connectivity index (χ2v) is 11.8. The van der Waals surface area contributed by atoms with Crippen molar-refractivity contribution >= 4 is 57.8 Å². The number of hydrogen-bond donors (Lipinski definition) is 1. The molecule has 0 aliphatic heterocycles. The van der Waals surface area contributed by atoms with Crippen LogP contribution in [0.15, 0.2) is 62.9 Å². The summed E-state index contributed by atoms with van der Waals surface area (Å²) in [5, 5.41) is 5.80. The largest absolute Gasteiger partial charge is 0.459 e. The first-order valence-electron chi connectivity index (χ1n) is 12.8. The summed E-state index contributed by atoms with van der Waals surface area (Å²) < 4.78 is 6.46. The number of urea groups is 1. The molecule has 2 aromatic heterocycles. The number of nitrogens with one attached hydrogen (secondary N) is 1. The van der Waals surface area contributed by atoms with Gasteiger partial charge in [0.2, 0.25) is 0 Å². The maximum Gasteiger partial charge on any atom is 0.322 e. The number of rotatable bonds is 7. The highest BCUT2D eigenvalue weighted by Gasteiger charge is 2.30. The molecule has 198 valence electrons. The lowest BCUT2D eigenvalue weighted by Crippen LogP contribution is -2.41. The predicted molar refractivity (Wildman–Crippen MR) is 161 cm³/mol. The molecule has 1 N–H and O–H groups in total. The molecule has 0 radical (unpaired) electrons. The lowest BCUT2D eigenvalue weighted by Gasteiger charge is -2.29. The van der Waals surface area contributed by atoms with Gasteiger partial charge < -0.3 is 14.6 Å². The number of carbonyl (C=O) groups excluding carboxylic acids is 1. The molecule has 0 bridgehead atoms. The van der Waals surface area contributed by atoms with Crippen LogP contribution < -0.4 is 5.32 Å². The monoisotopic (exact) mass is 565 g/mol. The van der Waals surface area contributed by atoms with Gasteiger partial charge in [0.05, 0.1) is 12.2 Å². The number of anilines is 1. The van der Waals surface area contributed by atoms with E-state index >= 15 is 0 Å². The fraction of sp³-hybridized carbons (Fsp3) is 0.333. The number of hydrogen-bond acceptors (Lipinski definition) is 5. The van der Waals surface area contributed by atoms with Gasteiger partial charge in [-0.3, -0.25) is 0 Å². The molecule has 2 amide bonds. The minimum atomic E-state index is -0.119. The number of furan rings is 1. The standard InChI is InChI=1S/C30H32ClN3O2S2/c1-18-9-14-24-23(15-18)27(20-10-12-21(31)13-11-20)25(36-24)17-34(22-7-5-6-8-22)30(35)33-28-26(37-3)16-19(2)32-29(28)38-4/h9-16,22H,5-8,17H2,1-4H3,(H,33,35). The molecule has 38 heavy (non-hydrogen) atoms. The summed E-state index contributed by atoms with van der Waals surface area (Å²) in [6.07, 6.45) is 8.23. The van der Waals surface area contributed by atoms with Gasteiger partial charge in [-0.05, 0) is 75.1 Å². The summed E-state index contributed by atoms with van der Waals surface area (Å²) in [5.41, 5.74) is 5.74. The summed E-state index contributed by atoms with van der Waals surface area (Å²) in [7, 11) is 0. The number of benzene rings is 2. The van der Waals surface area contributed by atoms with Gasteiger partial charge in [0.15, 0.2) is 0 Å². The Morgan fingerprint density at radius 3 is 2.50 bits per heavy atom. The topological polar surface area (TPSA) is 58.4 Å². The maximum atomic E-state index is 14.0. The van der Waals surface area contributed by atoms with Gasteiger partial charge >= 0.3 is 6.03 Å². The third kappa shape index (κ3) is 5.56. The van der Waals surface area contributed by atoms with Crippen molar-refractivity contribution in [3.05, 3.63) is 70.6 Å².